The van der Waals surface area contributed by atoms with Crippen LogP contribution in [0.1, 0.15) is 12.5 Å². The second-order valence-corrected chi connectivity index (χ2v) is 3.94. The van der Waals surface area contributed by atoms with E-state index in [-0.39, 0.29) is 0 Å². The van der Waals surface area contributed by atoms with Crippen LogP contribution >= 0.6 is 15.9 Å². The Morgan fingerprint density at radius 2 is 2.00 bits per heavy atom. The molecule has 0 amide bonds. The van der Waals surface area contributed by atoms with Gasteiger partial charge < -0.3 is 0 Å². The van der Waals surface area contributed by atoms with E-state index in [4.69, 9.17) is 5.26 Å². The van der Waals surface area contributed by atoms with Gasteiger partial charge in [-0.25, -0.2) is 0 Å². The topological polar surface area (TPSA) is 23.8 Å². The number of rotatable bonds is 2. The normalized spacial score (nSPS) is 14.2. The SMILES string of the molecule is C=CC(C)(C#N)c1ccc(Br)cc1. The van der Waals surface area contributed by atoms with Gasteiger partial charge in [0, 0.05) is 4.47 Å². The number of hydrogen-bond donors (Lipinski definition) is 0. The van der Waals surface area contributed by atoms with E-state index in [0.717, 1.165) is 10.0 Å². The van der Waals surface area contributed by atoms with Crippen LogP contribution in [0.5, 0.6) is 0 Å². The average Bonchev–Trinajstić information content (AvgIpc) is 2.18. The second-order valence-electron chi connectivity index (χ2n) is 3.03. The Morgan fingerprint density at radius 1 is 1.46 bits per heavy atom. The van der Waals surface area contributed by atoms with E-state index in [1.807, 2.05) is 31.2 Å². The first-order chi connectivity index (χ1) is 6.12. The third-order valence-electron chi connectivity index (χ3n) is 2.08. The van der Waals surface area contributed by atoms with Crippen molar-refractivity contribution in [3.05, 3.63) is 47.0 Å². The zero-order chi connectivity index (χ0) is 9.90. The fourth-order valence-corrected chi connectivity index (χ4v) is 1.29. The van der Waals surface area contributed by atoms with Gasteiger partial charge in [-0.05, 0) is 24.6 Å². The molecule has 0 fully saturated rings. The maximum absolute atomic E-state index is 8.98. The molecule has 0 aliphatic carbocycles. The first kappa shape index (κ1) is 10.0. The minimum absolute atomic E-state index is 0.583. The van der Waals surface area contributed by atoms with Gasteiger partial charge in [0.25, 0.3) is 0 Å². The van der Waals surface area contributed by atoms with Gasteiger partial charge in [0.1, 0.15) is 0 Å². The summed E-state index contributed by atoms with van der Waals surface area (Å²) >= 11 is 3.35. The third kappa shape index (κ3) is 1.99. The molecule has 13 heavy (non-hydrogen) atoms. The molecule has 66 valence electrons. The smallest absolute Gasteiger partial charge is 0.0971 e. The molecule has 0 aromatic heterocycles. The third-order valence-corrected chi connectivity index (χ3v) is 2.61. The van der Waals surface area contributed by atoms with Gasteiger partial charge in [-0.15, -0.1) is 6.58 Å². The molecule has 0 N–H and O–H groups in total. The van der Waals surface area contributed by atoms with Gasteiger partial charge in [-0.2, -0.15) is 5.26 Å². The van der Waals surface area contributed by atoms with Crippen LogP contribution in [-0.4, -0.2) is 0 Å². The van der Waals surface area contributed by atoms with Crippen LogP contribution in [0, 0.1) is 11.3 Å². The highest BCUT2D eigenvalue weighted by Crippen LogP contribution is 2.25. The average molecular weight is 236 g/mol. The van der Waals surface area contributed by atoms with Crippen LogP contribution in [0.4, 0.5) is 0 Å². The monoisotopic (exact) mass is 235 g/mol. The molecule has 1 aromatic rings. The van der Waals surface area contributed by atoms with Gasteiger partial charge >= 0.3 is 0 Å². The predicted molar refractivity (Wildman–Crippen MR) is 57.3 cm³/mol. The van der Waals surface area contributed by atoms with Gasteiger partial charge in [0.15, 0.2) is 0 Å². The molecule has 0 saturated heterocycles. The van der Waals surface area contributed by atoms with Crippen molar-refractivity contribution in [2.75, 3.05) is 0 Å². The van der Waals surface area contributed by atoms with E-state index in [1.54, 1.807) is 6.08 Å². The lowest BCUT2D eigenvalue weighted by Crippen LogP contribution is -2.15. The van der Waals surface area contributed by atoms with Crippen molar-refractivity contribution < 1.29 is 0 Å². The Morgan fingerprint density at radius 3 is 2.38 bits per heavy atom. The molecule has 0 saturated carbocycles. The Kier molecular flexibility index (Phi) is 2.90. The summed E-state index contributed by atoms with van der Waals surface area (Å²) in [7, 11) is 0. The molecule has 1 nitrogen and oxygen atoms in total. The second kappa shape index (κ2) is 3.76. The van der Waals surface area contributed by atoms with Gasteiger partial charge in [0.2, 0.25) is 0 Å². The number of halogens is 1. The minimum atomic E-state index is -0.583. The Labute approximate surface area is 86.8 Å². The maximum Gasteiger partial charge on any atom is 0.0971 e. The van der Waals surface area contributed by atoms with Crippen LogP contribution in [0.25, 0.3) is 0 Å². The summed E-state index contributed by atoms with van der Waals surface area (Å²) in [6.45, 7) is 5.52. The highest BCUT2D eigenvalue weighted by Gasteiger charge is 2.21. The zero-order valence-electron chi connectivity index (χ0n) is 7.42. The van der Waals surface area contributed by atoms with Crippen LogP contribution < -0.4 is 0 Å². The van der Waals surface area contributed by atoms with Crippen molar-refractivity contribution in [2.45, 2.75) is 12.3 Å². The lowest BCUT2D eigenvalue weighted by atomic mass is 9.84. The van der Waals surface area contributed by atoms with Crippen LogP contribution in [0.3, 0.4) is 0 Å². The molecule has 2 heteroatoms. The molecule has 1 rings (SSSR count). The zero-order valence-corrected chi connectivity index (χ0v) is 9.01. The summed E-state index contributed by atoms with van der Waals surface area (Å²) in [6.07, 6.45) is 1.66. The summed E-state index contributed by atoms with van der Waals surface area (Å²) in [4.78, 5) is 0. The summed E-state index contributed by atoms with van der Waals surface area (Å²) in [5.74, 6) is 0. The van der Waals surface area contributed by atoms with Gasteiger partial charge in [-0.1, -0.05) is 34.1 Å². The van der Waals surface area contributed by atoms with Gasteiger partial charge in [0.05, 0.1) is 11.5 Å². The predicted octanol–water partition coefficient (Wildman–Crippen LogP) is 3.42. The molecule has 1 aromatic carbocycles. The lowest BCUT2D eigenvalue weighted by Gasteiger charge is -2.16. The Bertz CT molecular complexity index is 347. The molecule has 0 bridgehead atoms. The van der Waals surface area contributed by atoms with E-state index in [1.165, 1.54) is 0 Å². The van der Waals surface area contributed by atoms with Gasteiger partial charge in [-0.3, -0.25) is 0 Å². The first-order valence-corrected chi connectivity index (χ1v) is 4.72. The fourth-order valence-electron chi connectivity index (χ4n) is 1.02. The maximum atomic E-state index is 8.98. The highest BCUT2D eigenvalue weighted by atomic mass is 79.9. The fraction of sp³-hybridized carbons (Fsp3) is 0.182. The van der Waals surface area contributed by atoms with E-state index in [2.05, 4.69) is 28.6 Å². The number of allylic oxidation sites excluding steroid dienone is 1. The number of hydrogen-bond acceptors (Lipinski definition) is 1. The van der Waals surface area contributed by atoms with Crippen molar-refractivity contribution in [3.63, 3.8) is 0 Å². The molecule has 1 atom stereocenters. The molecular formula is C11H10BrN. The van der Waals surface area contributed by atoms with Crippen molar-refractivity contribution in [3.8, 4) is 6.07 Å². The van der Waals surface area contributed by atoms with Crippen molar-refractivity contribution in [1.82, 2.24) is 0 Å². The van der Waals surface area contributed by atoms with Crippen LogP contribution in [-0.2, 0) is 5.41 Å². The Hall–Kier alpha value is -1.07. The van der Waals surface area contributed by atoms with Crippen LogP contribution in [0.2, 0.25) is 0 Å². The highest BCUT2D eigenvalue weighted by molar-refractivity contribution is 9.10. The number of nitrogens with zero attached hydrogens (tertiary/aromatic N) is 1. The number of benzene rings is 1. The van der Waals surface area contributed by atoms with Crippen molar-refractivity contribution >= 4 is 15.9 Å². The first-order valence-electron chi connectivity index (χ1n) is 3.93. The molecule has 0 aliphatic heterocycles. The van der Waals surface area contributed by atoms with E-state index < -0.39 is 5.41 Å². The summed E-state index contributed by atoms with van der Waals surface area (Å²) in [6, 6.07) is 9.93. The molecule has 0 radical (unpaired) electrons. The molecule has 1 unspecified atom stereocenters. The molecule has 0 spiro atoms. The largest absolute Gasteiger partial charge is 0.197 e. The minimum Gasteiger partial charge on any atom is -0.197 e. The quantitative estimate of drug-likeness (QED) is 0.721. The van der Waals surface area contributed by atoms with Crippen molar-refractivity contribution in [1.29, 1.82) is 5.26 Å². The summed E-state index contributed by atoms with van der Waals surface area (Å²) in [5.41, 5.74) is 0.383. The standard InChI is InChI=1S/C11H10BrN/c1-3-11(2,8-13)9-4-6-10(12)7-5-9/h3-7H,1H2,2H3. The van der Waals surface area contributed by atoms with E-state index >= 15 is 0 Å². The van der Waals surface area contributed by atoms with Crippen LogP contribution in [0.15, 0.2) is 41.4 Å². The summed E-state index contributed by atoms with van der Waals surface area (Å²) in [5, 5.41) is 8.98. The molecule has 0 aliphatic rings. The van der Waals surface area contributed by atoms with E-state index in [0.29, 0.717) is 0 Å². The van der Waals surface area contributed by atoms with Crippen molar-refractivity contribution in [2.24, 2.45) is 0 Å². The number of nitriles is 1. The molecule has 0 heterocycles. The Balaban J connectivity index is 3.15. The molecular weight excluding hydrogens is 226 g/mol. The lowest BCUT2D eigenvalue weighted by molar-refractivity contribution is 0.777. The van der Waals surface area contributed by atoms with E-state index in [9.17, 15) is 0 Å². The summed E-state index contributed by atoms with van der Waals surface area (Å²) < 4.78 is 1.01.